The number of H-pyrrole nitrogens is 1. The van der Waals surface area contributed by atoms with Crippen molar-refractivity contribution in [3.8, 4) is 0 Å². The molecule has 18 heavy (non-hydrogen) atoms. The molecule has 0 unspecified atom stereocenters. The Morgan fingerprint density at radius 3 is 3.00 bits per heavy atom. The van der Waals surface area contributed by atoms with Crippen LogP contribution >= 0.6 is 0 Å². The monoisotopic (exact) mass is 251 g/mol. The first-order valence-corrected chi connectivity index (χ1v) is 5.99. The van der Waals surface area contributed by atoms with Crippen molar-refractivity contribution >= 4 is 11.8 Å². The first-order chi connectivity index (χ1) is 8.58. The summed E-state index contributed by atoms with van der Waals surface area (Å²) in [4.78, 5) is 25.3. The fraction of sp³-hybridized carbons (Fsp3) is 0.636. The fourth-order valence-corrected chi connectivity index (χ4v) is 2.04. The van der Waals surface area contributed by atoms with Gasteiger partial charge in [0, 0.05) is 19.0 Å². The second kappa shape index (κ2) is 5.16. The molecule has 0 bridgehead atoms. The molecule has 1 aromatic heterocycles. The van der Waals surface area contributed by atoms with Crippen LogP contribution in [0.3, 0.4) is 0 Å². The number of amides is 2. The topological polar surface area (TPSA) is 91.0 Å². The van der Waals surface area contributed by atoms with Crippen molar-refractivity contribution in [3.05, 3.63) is 11.9 Å². The lowest BCUT2D eigenvalue weighted by atomic mass is 10.1. The molecular weight excluding hydrogens is 234 g/mol. The molecule has 1 atom stereocenters. The number of rotatable bonds is 4. The third-order valence-electron chi connectivity index (χ3n) is 3.06. The molecule has 0 spiro atoms. The molecule has 0 aromatic carbocycles. The highest BCUT2D eigenvalue weighted by molar-refractivity contribution is 5.89. The minimum absolute atomic E-state index is 0.0478. The smallest absolute Gasteiger partial charge is 0.225 e. The van der Waals surface area contributed by atoms with Gasteiger partial charge in [-0.2, -0.15) is 15.4 Å². The number of carbonyl (C=O) groups excluding carboxylic acids is 2. The van der Waals surface area contributed by atoms with Crippen LogP contribution in [0.1, 0.15) is 26.0 Å². The maximum absolute atomic E-state index is 11.9. The van der Waals surface area contributed by atoms with E-state index in [0.29, 0.717) is 25.2 Å². The summed E-state index contributed by atoms with van der Waals surface area (Å²) < 4.78 is 0. The van der Waals surface area contributed by atoms with Crippen molar-refractivity contribution in [2.75, 3.05) is 6.54 Å². The number of nitrogens with zero attached hydrogens (tertiary/aromatic N) is 3. The second-order valence-corrected chi connectivity index (χ2v) is 4.72. The zero-order valence-corrected chi connectivity index (χ0v) is 10.5. The highest BCUT2D eigenvalue weighted by atomic mass is 16.2. The fourth-order valence-electron chi connectivity index (χ4n) is 2.04. The van der Waals surface area contributed by atoms with Crippen LogP contribution in [-0.2, 0) is 16.1 Å². The Morgan fingerprint density at radius 1 is 1.67 bits per heavy atom. The molecule has 2 heterocycles. The van der Waals surface area contributed by atoms with Crippen molar-refractivity contribution in [1.82, 2.24) is 25.6 Å². The minimum atomic E-state index is -0.258. The molecule has 98 valence electrons. The van der Waals surface area contributed by atoms with Crippen molar-refractivity contribution in [2.45, 2.75) is 32.9 Å². The highest BCUT2D eigenvalue weighted by Crippen LogP contribution is 2.20. The van der Waals surface area contributed by atoms with E-state index < -0.39 is 0 Å². The van der Waals surface area contributed by atoms with E-state index in [9.17, 15) is 9.59 Å². The van der Waals surface area contributed by atoms with Gasteiger partial charge in [0.1, 0.15) is 5.69 Å². The molecule has 0 aliphatic carbocycles. The van der Waals surface area contributed by atoms with E-state index in [2.05, 4.69) is 20.7 Å². The van der Waals surface area contributed by atoms with Crippen molar-refractivity contribution in [2.24, 2.45) is 5.92 Å². The van der Waals surface area contributed by atoms with Crippen LogP contribution in [-0.4, -0.2) is 44.7 Å². The molecule has 2 rings (SSSR count). The first kappa shape index (κ1) is 12.5. The predicted molar refractivity (Wildman–Crippen MR) is 63.2 cm³/mol. The Morgan fingerprint density at radius 2 is 2.44 bits per heavy atom. The average molecular weight is 251 g/mol. The van der Waals surface area contributed by atoms with E-state index in [1.165, 1.54) is 0 Å². The highest BCUT2D eigenvalue weighted by Gasteiger charge is 2.35. The van der Waals surface area contributed by atoms with Gasteiger partial charge in [0.05, 0.1) is 18.7 Å². The van der Waals surface area contributed by atoms with Crippen LogP contribution in [0.15, 0.2) is 6.20 Å². The molecule has 1 aliphatic heterocycles. The van der Waals surface area contributed by atoms with Crippen LogP contribution in [0.2, 0.25) is 0 Å². The molecule has 1 aromatic rings. The molecule has 7 heteroatoms. The van der Waals surface area contributed by atoms with Gasteiger partial charge < -0.3 is 10.2 Å². The molecule has 2 N–H and O–H groups in total. The van der Waals surface area contributed by atoms with Gasteiger partial charge in [0.15, 0.2) is 0 Å². The van der Waals surface area contributed by atoms with E-state index in [-0.39, 0.29) is 23.8 Å². The lowest BCUT2D eigenvalue weighted by Gasteiger charge is -2.20. The van der Waals surface area contributed by atoms with Gasteiger partial charge in [-0.15, -0.1) is 0 Å². The molecule has 1 aliphatic rings. The summed E-state index contributed by atoms with van der Waals surface area (Å²) in [5.41, 5.74) is 0.674. The zero-order valence-electron chi connectivity index (χ0n) is 10.5. The minimum Gasteiger partial charge on any atom is -0.350 e. The molecule has 2 amide bonds. The quantitative estimate of drug-likeness (QED) is 0.767. The molecule has 0 radical (unpaired) electrons. The SMILES string of the molecule is CC(C)N1C[C@@H](C(=O)NCc2cn[nH]n2)CC1=O. The number of hydrogen-bond acceptors (Lipinski definition) is 4. The van der Waals surface area contributed by atoms with Crippen molar-refractivity contribution in [1.29, 1.82) is 0 Å². The lowest BCUT2D eigenvalue weighted by molar-refractivity contribution is -0.130. The van der Waals surface area contributed by atoms with E-state index in [1.54, 1.807) is 11.1 Å². The molecule has 1 saturated heterocycles. The van der Waals surface area contributed by atoms with Gasteiger partial charge in [-0.1, -0.05) is 0 Å². The zero-order chi connectivity index (χ0) is 13.1. The van der Waals surface area contributed by atoms with Crippen LogP contribution in [0.25, 0.3) is 0 Å². The Labute approximate surface area is 105 Å². The van der Waals surface area contributed by atoms with Crippen LogP contribution in [0.4, 0.5) is 0 Å². The number of hydrogen-bond donors (Lipinski definition) is 2. The summed E-state index contributed by atoms with van der Waals surface area (Å²) in [5.74, 6) is -0.312. The normalized spacial score (nSPS) is 19.6. The van der Waals surface area contributed by atoms with Crippen LogP contribution in [0.5, 0.6) is 0 Å². The number of nitrogens with one attached hydrogen (secondary N) is 2. The number of aromatic nitrogens is 3. The second-order valence-electron chi connectivity index (χ2n) is 4.72. The van der Waals surface area contributed by atoms with Crippen molar-refractivity contribution < 1.29 is 9.59 Å². The summed E-state index contributed by atoms with van der Waals surface area (Å²) >= 11 is 0. The standard InChI is InChI=1S/C11H17N5O2/c1-7(2)16-6-8(3-10(16)17)11(18)12-4-9-5-13-15-14-9/h5,7-8H,3-4,6H2,1-2H3,(H,12,18)(H,13,14,15)/t8-/m0/s1. The molecule has 7 nitrogen and oxygen atoms in total. The number of carbonyl (C=O) groups is 2. The van der Waals surface area contributed by atoms with Crippen molar-refractivity contribution in [3.63, 3.8) is 0 Å². The molecule has 0 saturated carbocycles. The predicted octanol–water partition coefficient (Wildman–Crippen LogP) is -0.322. The summed E-state index contributed by atoms with van der Waals surface area (Å²) in [7, 11) is 0. The summed E-state index contributed by atoms with van der Waals surface area (Å²) in [6, 6.07) is 0.144. The van der Waals surface area contributed by atoms with Gasteiger partial charge >= 0.3 is 0 Å². The van der Waals surface area contributed by atoms with Gasteiger partial charge in [0.2, 0.25) is 11.8 Å². The van der Waals surface area contributed by atoms with E-state index in [0.717, 1.165) is 0 Å². The Balaban J connectivity index is 1.85. The van der Waals surface area contributed by atoms with Crippen LogP contribution < -0.4 is 5.32 Å². The van der Waals surface area contributed by atoms with Gasteiger partial charge in [0.25, 0.3) is 0 Å². The Kier molecular flexibility index (Phi) is 3.59. The van der Waals surface area contributed by atoms with Gasteiger partial charge in [-0.3, -0.25) is 9.59 Å². The van der Waals surface area contributed by atoms with E-state index in [4.69, 9.17) is 0 Å². The number of likely N-dealkylation sites (tertiary alicyclic amines) is 1. The maximum Gasteiger partial charge on any atom is 0.225 e. The van der Waals surface area contributed by atoms with E-state index in [1.807, 2.05) is 13.8 Å². The maximum atomic E-state index is 11.9. The molecular formula is C11H17N5O2. The van der Waals surface area contributed by atoms with Crippen LogP contribution in [0, 0.1) is 5.92 Å². The summed E-state index contributed by atoms with van der Waals surface area (Å²) in [6.45, 7) is 4.74. The molecule has 1 fully saturated rings. The third kappa shape index (κ3) is 2.66. The summed E-state index contributed by atoms with van der Waals surface area (Å²) in [6.07, 6.45) is 1.85. The first-order valence-electron chi connectivity index (χ1n) is 5.99. The average Bonchev–Trinajstić information content (AvgIpc) is 2.94. The Hall–Kier alpha value is -1.92. The lowest BCUT2D eigenvalue weighted by Crippen LogP contribution is -2.35. The summed E-state index contributed by atoms with van der Waals surface area (Å²) in [5, 5.41) is 12.7. The number of aromatic amines is 1. The third-order valence-corrected chi connectivity index (χ3v) is 3.06. The largest absolute Gasteiger partial charge is 0.350 e. The van der Waals surface area contributed by atoms with Gasteiger partial charge in [-0.25, -0.2) is 0 Å². The van der Waals surface area contributed by atoms with Gasteiger partial charge in [-0.05, 0) is 13.8 Å². The Bertz CT molecular complexity index is 429. The van der Waals surface area contributed by atoms with E-state index >= 15 is 0 Å².